The fourth-order valence-electron chi connectivity index (χ4n) is 2.21. The Balaban J connectivity index is 1.91. The summed E-state index contributed by atoms with van der Waals surface area (Å²) < 4.78 is 28.0. The van der Waals surface area contributed by atoms with Crippen LogP contribution in [0.1, 0.15) is 23.1 Å². The number of carbonyl (C=O) groups is 1. The van der Waals surface area contributed by atoms with Crippen LogP contribution in [0.5, 0.6) is 0 Å². The first kappa shape index (κ1) is 19.6. The third kappa shape index (κ3) is 5.39. The second-order valence-electron chi connectivity index (χ2n) is 5.91. The smallest absolute Gasteiger partial charge is 0.240 e. The van der Waals surface area contributed by atoms with Crippen LogP contribution in [0.25, 0.3) is 0 Å². The maximum Gasteiger partial charge on any atom is 0.240 e. The number of benzene rings is 2. The fraction of sp³-hybridized carbons (Fsp3) is 0.278. The average molecular weight is 425 g/mol. The third-order valence-corrected chi connectivity index (χ3v) is 6.22. The van der Waals surface area contributed by atoms with Gasteiger partial charge in [-0.05, 0) is 67.8 Å². The molecule has 0 aliphatic heterocycles. The van der Waals surface area contributed by atoms with E-state index < -0.39 is 10.0 Å². The van der Waals surface area contributed by atoms with Gasteiger partial charge in [-0.3, -0.25) is 4.79 Å². The van der Waals surface area contributed by atoms with Crippen LogP contribution in [-0.2, 0) is 14.8 Å². The first-order valence-corrected chi connectivity index (χ1v) is 10.1. The topological polar surface area (TPSA) is 75.3 Å². The molecule has 0 aliphatic carbocycles. The predicted molar refractivity (Wildman–Crippen MR) is 103 cm³/mol. The second kappa shape index (κ2) is 8.12. The molecule has 25 heavy (non-hydrogen) atoms. The maximum absolute atomic E-state index is 12.3. The predicted octanol–water partition coefficient (Wildman–Crippen LogP) is 3.68. The van der Waals surface area contributed by atoms with E-state index in [1.54, 1.807) is 24.3 Å². The van der Waals surface area contributed by atoms with Crippen LogP contribution in [0, 0.1) is 20.8 Å². The summed E-state index contributed by atoms with van der Waals surface area (Å²) in [7, 11) is -3.62. The van der Waals surface area contributed by atoms with E-state index in [0.717, 1.165) is 21.2 Å². The molecule has 0 aliphatic rings. The van der Waals surface area contributed by atoms with Gasteiger partial charge in [-0.1, -0.05) is 22.0 Å². The Hall–Kier alpha value is -1.70. The van der Waals surface area contributed by atoms with Gasteiger partial charge in [-0.25, -0.2) is 13.1 Å². The Kier molecular flexibility index (Phi) is 6.37. The standard InChI is InChI=1S/C18H21BrN2O3S/c1-12-4-6-16(11-13(12)2)25(23,24)20-9-8-18(22)21-15-5-7-17(19)14(3)10-15/h4-7,10-11,20H,8-9H2,1-3H3,(H,21,22). The van der Waals surface area contributed by atoms with Gasteiger partial charge in [0.05, 0.1) is 4.90 Å². The van der Waals surface area contributed by atoms with Crippen molar-refractivity contribution in [2.24, 2.45) is 0 Å². The highest BCUT2D eigenvalue weighted by molar-refractivity contribution is 9.10. The van der Waals surface area contributed by atoms with E-state index in [1.807, 2.05) is 32.9 Å². The fourth-order valence-corrected chi connectivity index (χ4v) is 3.57. The third-order valence-electron chi connectivity index (χ3n) is 3.87. The van der Waals surface area contributed by atoms with Crippen LogP contribution < -0.4 is 10.0 Å². The number of aryl methyl sites for hydroxylation is 3. The van der Waals surface area contributed by atoms with Crippen molar-refractivity contribution >= 4 is 37.5 Å². The van der Waals surface area contributed by atoms with E-state index in [2.05, 4.69) is 26.0 Å². The summed E-state index contributed by atoms with van der Waals surface area (Å²) in [5.74, 6) is -0.246. The number of nitrogens with one attached hydrogen (secondary N) is 2. The number of halogens is 1. The summed E-state index contributed by atoms with van der Waals surface area (Å²) in [4.78, 5) is 12.2. The van der Waals surface area contributed by atoms with Crippen molar-refractivity contribution in [2.75, 3.05) is 11.9 Å². The highest BCUT2D eigenvalue weighted by Crippen LogP contribution is 2.20. The highest BCUT2D eigenvalue weighted by Gasteiger charge is 2.15. The van der Waals surface area contributed by atoms with E-state index in [-0.39, 0.29) is 23.8 Å². The quantitative estimate of drug-likeness (QED) is 0.742. The van der Waals surface area contributed by atoms with Crippen LogP contribution in [0.3, 0.4) is 0 Å². The molecule has 0 atom stereocenters. The lowest BCUT2D eigenvalue weighted by Gasteiger charge is -2.10. The number of hydrogen-bond acceptors (Lipinski definition) is 3. The SMILES string of the molecule is Cc1ccc(S(=O)(=O)NCCC(=O)Nc2ccc(Br)c(C)c2)cc1C. The number of rotatable bonds is 6. The van der Waals surface area contributed by atoms with Gasteiger partial charge in [-0.2, -0.15) is 0 Å². The second-order valence-corrected chi connectivity index (χ2v) is 8.53. The zero-order valence-electron chi connectivity index (χ0n) is 14.4. The van der Waals surface area contributed by atoms with E-state index in [9.17, 15) is 13.2 Å². The van der Waals surface area contributed by atoms with Gasteiger partial charge in [0, 0.05) is 23.1 Å². The first-order valence-electron chi connectivity index (χ1n) is 7.82. The van der Waals surface area contributed by atoms with Gasteiger partial charge >= 0.3 is 0 Å². The Morgan fingerprint density at radius 2 is 1.72 bits per heavy atom. The van der Waals surface area contributed by atoms with Gasteiger partial charge in [0.15, 0.2) is 0 Å². The summed E-state index contributed by atoms with van der Waals surface area (Å²) in [5, 5.41) is 2.76. The monoisotopic (exact) mass is 424 g/mol. The molecule has 0 spiro atoms. The Bertz CT molecular complexity index is 895. The number of carbonyl (C=O) groups excluding carboxylic acids is 1. The summed E-state index contributed by atoms with van der Waals surface area (Å²) in [5.41, 5.74) is 3.63. The lowest BCUT2D eigenvalue weighted by molar-refractivity contribution is -0.116. The minimum Gasteiger partial charge on any atom is -0.326 e. The van der Waals surface area contributed by atoms with Crippen LogP contribution in [0.15, 0.2) is 45.8 Å². The molecule has 2 aromatic rings. The average Bonchev–Trinajstić information content (AvgIpc) is 2.53. The van der Waals surface area contributed by atoms with Crippen molar-refractivity contribution in [2.45, 2.75) is 32.1 Å². The van der Waals surface area contributed by atoms with Crippen LogP contribution in [0.4, 0.5) is 5.69 Å². The highest BCUT2D eigenvalue weighted by atomic mass is 79.9. The van der Waals surface area contributed by atoms with Gasteiger partial charge in [-0.15, -0.1) is 0 Å². The molecule has 134 valence electrons. The molecule has 0 fully saturated rings. The van der Waals surface area contributed by atoms with Crippen molar-refractivity contribution in [1.29, 1.82) is 0 Å². The molecule has 0 aromatic heterocycles. The molecular formula is C18H21BrN2O3S. The van der Waals surface area contributed by atoms with Crippen molar-refractivity contribution in [1.82, 2.24) is 4.72 Å². The molecule has 5 nitrogen and oxygen atoms in total. The molecular weight excluding hydrogens is 404 g/mol. The first-order chi connectivity index (χ1) is 11.7. The van der Waals surface area contributed by atoms with Gasteiger partial charge in [0.2, 0.25) is 15.9 Å². The summed E-state index contributed by atoms with van der Waals surface area (Å²) in [6.45, 7) is 5.75. The van der Waals surface area contributed by atoms with Crippen LogP contribution >= 0.6 is 15.9 Å². The molecule has 0 unspecified atom stereocenters. The number of amides is 1. The minimum absolute atomic E-state index is 0.0383. The normalized spacial score (nSPS) is 11.4. The van der Waals surface area contributed by atoms with E-state index in [1.165, 1.54) is 0 Å². The zero-order valence-corrected chi connectivity index (χ0v) is 16.8. The largest absolute Gasteiger partial charge is 0.326 e. The molecule has 2 aromatic carbocycles. The molecule has 2 rings (SSSR count). The van der Waals surface area contributed by atoms with Gasteiger partial charge in [0.25, 0.3) is 0 Å². The van der Waals surface area contributed by atoms with Crippen molar-refractivity contribution < 1.29 is 13.2 Å². The van der Waals surface area contributed by atoms with E-state index in [0.29, 0.717) is 5.69 Å². The summed E-state index contributed by atoms with van der Waals surface area (Å²) in [6.07, 6.45) is 0.0547. The zero-order chi connectivity index (χ0) is 18.6. The number of hydrogen-bond donors (Lipinski definition) is 2. The molecule has 1 amide bonds. The lowest BCUT2D eigenvalue weighted by Crippen LogP contribution is -2.28. The summed E-state index contributed by atoms with van der Waals surface area (Å²) in [6, 6.07) is 10.5. The number of anilines is 1. The van der Waals surface area contributed by atoms with Crippen LogP contribution in [0.2, 0.25) is 0 Å². The van der Waals surface area contributed by atoms with E-state index in [4.69, 9.17) is 0 Å². The van der Waals surface area contributed by atoms with Gasteiger partial charge < -0.3 is 5.32 Å². The van der Waals surface area contributed by atoms with E-state index >= 15 is 0 Å². The molecule has 0 heterocycles. The number of sulfonamides is 1. The Morgan fingerprint density at radius 3 is 2.36 bits per heavy atom. The Morgan fingerprint density at radius 1 is 1.00 bits per heavy atom. The molecule has 2 N–H and O–H groups in total. The minimum atomic E-state index is -3.62. The van der Waals surface area contributed by atoms with Crippen molar-refractivity contribution in [3.8, 4) is 0 Å². The summed E-state index contributed by atoms with van der Waals surface area (Å²) >= 11 is 3.40. The maximum atomic E-state index is 12.3. The lowest BCUT2D eigenvalue weighted by atomic mass is 10.1. The molecule has 0 radical (unpaired) electrons. The van der Waals surface area contributed by atoms with Crippen molar-refractivity contribution in [3.63, 3.8) is 0 Å². The van der Waals surface area contributed by atoms with Crippen molar-refractivity contribution in [3.05, 3.63) is 57.6 Å². The molecule has 0 bridgehead atoms. The van der Waals surface area contributed by atoms with Gasteiger partial charge in [0.1, 0.15) is 0 Å². The molecule has 7 heteroatoms. The Labute approximate surface area is 157 Å². The molecule has 0 saturated carbocycles. The van der Waals surface area contributed by atoms with Crippen LogP contribution in [-0.4, -0.2) is 20.9 Å². The molecule has 0 saturated heterocycles.